The Morgan fingerprint density at radius 1 is 1.13 bits per heavy atom. The van der Waals surface area contributed by atoms with Crippen LogP contribution in [0.5, 0.6) is 0 Å². The van der Waals surface area contributed by atoms with Gasteiger partial charge < -0.3 is 10.1 Å². The summed E-state index contributed by atoms with van der Waals surface area (Å²) in [5, 5.41) is 3.61. The highest BCUT2D eigenvalue weighted by atomic mass is 19.4. The summed E-state index contributed by atoms with van der Waals surface area (Å²) in [6.07, 6.45) is 2.10. The van der Waals surface area contributed by atoms with Gasteiger partial charge in [0.05, 0.1) is 5.56 Å². The minimum atomic E-state index is -4.29. The van der Waals surface area contributed by atoms with Crippen molar-refractivity contribution in [2.24, 2.45) is 0 Å². The summed E-state index contributed by atoms with van der Waals surface area (Å²) in [5.74, 6) is 0. The second-order valence-corrected chi connectivity index (χ2v) is 6.83. The van der Waals surface area contributed by atoms with Crippen LogP contribution in [0.3, 0.4) is 0 Å². The van der Waals surface area contributed by atoms with Crippen molar-refractivity contribution in [1.82, 2.24) is 5.32 Å². The van der Waals surface area contributed by atoms with Gasteiger partial charge in [0, 0.05) is 31.2 Å². The normalized spacial score (nSPS) is 22.4. The van der Waals surface area contributed by atoms with Gasteiger partial charge in [-0.3, -0.25) is 0 Å². The second-order valence-electron chi connectivity index (χ2n) is 6.83. The van der Waals surface area contributed by atoms with Crippen LogP contribution < -0.4 is 5.32 Å². The van der Waals surface area contributed by atoms with Crippen LogP contribution in [0.15, 0.2) is 24.3 Å². The summed E-state index contributed by atoms with van der Waals surface area (Å²) < 4.78 is 44.6. The number of rotatable bonds is 4. The Morgan fingerprint density at radius 2 is 1.83 bits per heavy atom. The third-order valence-electron chi connectivity index (χ3n) is 5.34. The number of hydrogen-bond donors (Lipinski definition) is 1. The van der Waals surface area contributed by atoms with Crippen molar-refractivity contribution < 1.29 is 17.9 Å². The number of halogens is 3. The van der Waals surface area contributed by atoms with Crippen LogP contribution in [0.2, 0.25) is 0 Å². The van der Waals surface area contributed by atoms with Crippen molar-refractivity contribution in [2.45, 2.75) is 56.2 Å². The molecule has 0 atom stereocenters. The van der Waals surface area contributed by atoms with E-state index in [1.165, 1.54) is 37.8 Å². The van der Waals surface area contributed by atoms with Gasteiger partial charge in [-0.05, 0) is 37.3 Å². The van der Waals surface area contributed by atoms with E-state index >= 15 is 0 Å². The Kier molecular flexibility index (Phi) is 4.97. The highest BCUT2D eigenvalue weighted by Crippen LogP contribution is 2.38. The fourth-order valence-electron chi connectivity index (χ4n) is 3.82. The lowest BCUT2D eigenvalue weighted by molar-refractivity contribution is -0.137. The Morgan fingerprint density at radius 3 is 2.48 bits per heavy atom. The molecule has 5 heteroatoms. The van der Waals surface area contributed by atoms with Gasteiger partial charge in [-0.2, -0.15) is 13.2 Å². The van der Waals surface area contributed by atoms with Gasteiger partial charge in [0.2, 0.25) is 0 Å². The van der Waals surface area contributed by atoms with E-state index in [1.54, 1.807) is 0 Å². The maximum Gasteiger partial charge on any atom is 0.416 e. The lowest BCUT2D eigenvalue weighted by Gasteiger charge is -2.39. The van der Waals surface area contributed by atoms with E-state index in [4.69, 9.17) is 4.74 Å². The number of benzene rings is 1. The van der Waals surface area contributed by atoms with Gasteiger partial charge in [0.25, 0.3) is 0 Å². The molecule has 1 aromatic carbocycles. The molecule has 0 aromatic heterocycles. The molecule has 0 amide bonds. The Balaban J connectivity index is 1.82. The zero-order valence-corrected chi connectivity index (χ0v) is 13.3. The smallest absolute Gasteiger partial charge is 0.381 e. The topological polar surface area (TPSA) is 21.3 Å². The first-order chi connectivity index (χ1) is 11.0. The first-order valence-electron chi connectivity index (χ1n) is 8.49. The van der Waals surface area contributed by atoms with Gasteiger partial charge in [-0.25, -0.2) is 0 Å². The highest BCUT2D eigenvalue weighted by Gasteiger charge is 2.37. The molecule has 0 radical (unpaired) electrons. The molecular weight excluding hydrogens is 303 g/mol. The zero-order valence-electron chi connectivity index (χ0n) is 13.3. The third kappa shape index (κ3) is 3.89. The van der Waals surface area contributed by atoms with Crippen LogP contribution in [-0.2, 0) is 16.3 Å². The quantitative estimate of drug-likeness (QED) is 0.891. The summed E-state index contributed by atoms with van der Waals surface area (Å²) in [7, 11) is 0. The molecular formula is C18H24F3NO. The van der Waals surface area contributed by atoms with E-state index in [2.05, 4.69) is 5.32 Å². The summed E-state index contributed by atoms with van der Waals surface area (Å²) in [6, 6.07) is 6.38. The molecule has 0 unspecified atom stereocenters. The molecule has 1 N–H and O–H groups in total. The Hall–Kier alpha value is -1.07. The van der Waals surface area contributed by atoms with Gasteiger partial charge in [0.1, 0.15) is 0 Å². The van der Waals surface area contributed by atoms with Gasteiger partial charge >= 0.3 is 6.18 Å². The molecule has 1 aliphatic heterocycles. The van der Waals surface area contributed by atoms with Crippen molar-refractivity contribution in [1.29, 1.82) is 0 Å². The molecule has 128 valence electrons. The number of hydrogen-bond acceptors (Lipinski definition) is 2. The van der Waals surface area contributed by atoms with Crippen molar-refractivity contribution in [3.05, 3.63) is 35.4 Å². The summed E-state index contributed by atoms with van der Waals surface area (Å²) in [4.78, 5) is 0. The molecule has 3 rings (SSSR count). The standard InChI is InChI=1S/C18H24F3NO/c19-18(20,21)15-5-3-4-14(12-15)17(8-10-23-11-9-17)13-22-16-6-1-2-7-16/h3-5,12,16,22H,1-2,6-11,13H2. The molecule has 1 aromatic rings. The van der Waals surface area contributed by atoms with E-state index in [1.807, 2.05) is 6.07 Å². The minimum Gasteiger partial charge on any atom is -0.381 e. The van der Waals surface area contributed by atoms with E-state index in [0.717, 1.165) is 31.0 Å². The van der Waals surface area contributed by atoms with E-state index in [9.17, 15) is 13.2 Å². The number of ether oxygens (including phenoxy) is 1. The predicted octanol–water partition coefficient (Wildman–Crippen LogP) is 4.29. The first kappa shape index (κ1) is 16.8. The maximum atomic E-state index is 13.1. The summed E-state index contributed by atoms with van der Waals surface area (Å²) in [5.41, 5.74) is -0.00916. The maximum absolute atomic E-state index is 13.1. The van der Waals surface area contributed by atoms with Gasteiger partial charge in [0.15, 0.2) is 0 Å². The molecule has 2 nitrogen and oxygen atoms in total. The van der Waals surface area contributed by atoms with Gasteiger partial charge in [-0.15, -0.1) is 0 Å². The molecule has 1 saturated carbocycles. The zero-order chi connectivity index (χ0) is 16.3. The minimum absolute atomic E-state index is 0.248. The van der Waals surface area contributed by atoms with Gasteiger partial charge in [-0.1, -0.05) is 31.0 Å². The average Bonchev–Trinajstić information content (AvgIpc) is 3.07. The van der Waals surface area contributed by atoms with E-state index in [-0.39, 0.29) is 5.41 Å². The molecule has 23 heavy (non-hydrogen) atoms. The van der Waals surface area contributed by atoms with Crippen LogP contribution in [0.25, 0.3) is 0 Å². The van der Waals surface area contributed by atoms with Crippen LogP contribution >= 0.6 is 0 Å². The predicted molar refractivity (Wildman–Crippen MR) is 83.4 cm³/mol. The van der Waals surface area contributed by atoms with E-state index in [0.29, 0.717) is 19.3 Å². The Bertz CT molecular complexity index is 517. The number of alkyl halides is 3. The Labute approximate surface area is 135 Å². The first-order valence-corrected chi connectivity index (χ1v) is 8.49. The largest absolute Gasteiger partial charge is 0.416 e. The molecule has 2 fully saturated rings. The highest BCUT2D eigenvalue weighted by molar-refractivity contribution is 5.32. The molecule has 1 saturated heterocycles. The monoisotopic (exact) mass is 327 g/mol. The van der Waals surface area contributed by atoms with Crippen molar-refractivity contribution in [3.8, 4) is 0 Å². The third-order valence-corrected chi connectivity index (χ3v) is 5.34. The lowest BCUT2D eigenvalue weighted by Crippen LogP contribution is -2.45. The molecule has 0 spiro atoms. The molecule has 1 heterocycles. The number of nitrogens with one attached hydrogen (secondary N) is 1. The van der Waals surface area contributed by atoms with Crippen molar-refractivity contribution in [3.63, 3.8) is 0 Å². The van der Waals surface area contributed by atoms with Crippen molar-refractivity contribution >= 4 is 0 Å². The lowest BCUT2D eigenvalue weighted by atomic mass is 9.73. The molecule has 1 aliphatic carbocycles. The molecule has 0 bridgehead atoms. The fourth-order valence-corrected chi connectivity index (χ4v) is 3.82. The molecule has 2 aliphatic rings. The fraction of sp³-hybridized carbons (Fsp3) is 0.667. The summed E-state index contributed by atoms with van der Waals surface area (Å²) in [6.45, 7) is 1.97. The van der Waals surface area contributed by atoms with Crippen LogP contribution in [0.1, 0.15) is 49.7 Å². The average molecular weight is 327 g/mol. The van der Waals surface area contributed by atoms with Crippen molar-refractivity contribution in [2.75, 3.05) is 19.8 Å². The summed E-state index contributed by atoms with van der Waals surface area (Å²) >= 11 is 0. The van der Waals surface area contributed by atoms with Crippen LogP contribution in [0.4, 0.5) is 13.2 Å². The van der Waals surface area contributed by atoms with E-state index < -0.39 is 11.7 Å². The SMILES string of the molecule is FC(F)(F)c1cccc(C2(CNC3CCCC3)CCOCC2)c1. The van der Waals surface area contributed by atoms with Crippen LogP contribution in [0, 0.1) is 0 Å². The van der Waals surface area contributed by atoms with Crippen LogP contribution in [-0.4, -0.2) is 25.8 Å². The second kappa shape index (κ2) is 6.81.